The third-order valence-corrected chi connectivity index (χ3v) is 3.52. The minimum Gasteiger partial charge on any atom is -0.0988 e. The van der Waals surface area contributed by atoms with Gasteiger partial charge in [0.1, 0.15) is 0 Å². The molecule has 0 fully saturated rings. The number of hydrogen-bond acceptors (Lipinski definition) is 0. The van der Waals surface area contributed by atoms with Crippen LogP contribution < -0.4 is 0 Å². The van der Waals surface area contributed by atoms with Crippen LogP contribution in [0.5, 0.6) is 0 Å². The van der Waals surface area contributed by atoms with E-state index in [1.807, 2.05) is 12.2 Å². The Labute approximate surface area is 112 Å². The molecule has 0 nitrogen and oxygen atoms in total. The molecule has 0 aromatic carbocycles. The molecule has 96 valence electrons. The van der Waals surface area contributed by atoms with Crippen LogP contribution in [0.25, 0.3) is 0 Å². The van der Waals surface area contributed by atoms with Gasteiger partial charge in [-0.1, -0.05) is 56.0 Å². The summed E-state index contributed by atoms with van der Waals surface area (Å²) in [6, 6.07) is 0. The molecule has 0 heteroatoms. The lowest BCUT2D eigenvalue weighted by atomic mass is 9.85. The Kier molecular flexibility index (Phi) is 5.15. The van der Waals surface area contributed by atoms with Crippen molar-refractivity contribution < 1.29 is 0 Å². The molecule has 0 radical (unpaired) electrons. The van der Waals surface area contributed by atoms with Crippen LogP contribution >= 0.6 is 0 Å². The molecule has 0 saturated heterocycles. The Morgan fingerprint density at radius 2 is 1.94 bits per heavy atom. The van der Waals surface area contributed by atoms with Gasteiger partial charge in [-0.15, -0.1) is 0 Å². The van der Waals surface area contributed by atoms with Crippen LogP contribution in [0.4, 0.5) is 0 Å². The molecule has 0 amide bonds. The molecule has 0 aromatic heterocycles. The van der Waals surface area contributed by atoms with Gasteiger partial charge in [0.25, 0.3) is 0 Å². The van der Waals surface area contributed by atoms with Crippen molar-refractivity contribution in [1.29, 1.82) is 0 Å². The lowest BCUT2D eigenvalue weighted by molar-refractivity contribution is 0.688. The zero-order chi connectivity index (χ0) is 13.7. The van der Waals surface area contributed by atoms with Gasteiger partial charge in [0.05, 0.1) is 0 Å². The summed E-state index contributed by atoms with van der Waals surface area (Å²) in [4.78, 5) is 0. The molecule has 0 saturated carbocycles. The van der Waals surface area contributed by atoms with Crippen LogP contribution in [-0.2, 0) is 0 Å². The highest BCUT2D eigenvalue weighted by Crippen LogP contribution is 2.29. The third kappa shape index (κ3) is 3.46. The van der Waals surface area contributed by atoms with E-state index in [1.54, 1.807) is 0 Å². The highest BCUT2D eigenvalue weighted by Gasteiger charge is 2.13. The first kappa shape index (κ1) is 14.5. The van der Waals surface area contributed by atoms with E-state index in [0.29, 0.717) is 5.92 Å². The number of hydrogen-bond donors (Lipinski definition) is 0. The van der Waals surface area contributed by atoms with E-state index in [9.17, 15) is 0 Å². The lowest BCUT2D eigenvalue weighted by Crippen LogP contribution is -2.04. The summed E-state index contributed by atoms with van der Waals surface area (Å²) in [5.74, 6) is 0.597. The van der Waals surface area contributed by atoms with E-state index in [0.717, 1.165) is 12.0 Å². The van der Waals surface area contributed by atoms with Crippen LogP contribution in [-0.4, -0.2) is 0 Å². The van der Waals surface area contributed by atoms with Crippen molar-refractivity contribution in [2.75, 3.05) is 0 Å². The summed E-state index contributed by atoms with van der Waals surface area (Å²) in [6.07, 6.45) is 11.7. The fraction of sp³-hybridized carbons (Fsp3) is 0.333. The zero-order valence-corrected chi connectivity index (χ0v) is 12.1. The Hall–Kier alpha value is -1.56. The molecule has 0 N–H and O–H groups in total. The van der Waals surface area contributed by atoms with Crippen LogP contribution in [0.2, 0.25) is 0 Å². The van der Waals surface area contributed by atoms with Gasteiger partial charge in [0.15, 0.2) is 0 Å². The van der Waals surface area contributed by atoms with Crippen molar-refractivity contribution in [2.24, 2.45) is 5.92 Å². The SMILES string of the molecule is C=C/C(C)=C(C=C)/C=C(\C)C1=CC(C)=CC[C@H]1C. The Morgan fingerprint density at radius 3 is 2.50 bits per heavy atom. The van der Waals surface area contributed by atoms with Gasteiger partial charge in [-0.2, -0.15) is 0 Å². The summed E-state index contributed by atoms with van der Waals surface area (Å²) in [6.45, 7) is 16.4. The highest BCUT2D eigenvalue weighted by molar-refractivity contribution is 5.47. The van der Waals surface area contributed by atoms with Gasteiger partial charge < -0.3 is 0 Å². The number of allylic oxidation sites excluding steroid dienone is 10. The van der Waals surface area contributed by atoms with Gasteiger partial charge in [-0.25, -0.2) is 0 Å². The summed E-state index contributed by atoms with van der Waals surface area (Å²) < 4.78 is 0. The smallest absolute Gasteiger partial charge is 0.0153 e. The topological polar surface area (TPSA) is 0 Å². The maximum absolute atomic E-state index is 3.88. The van der Waals surface area contributed by atoms with E-state index in [-0.39, 0.29) is 0 Å². The van der Waals surface area contributed by atoms with E-state index < -0.39 is 0 Å². The van der Waals surface area contributed by atoms with E-state index >= 15 is 0 Å². The number of rotatable bonds is 4. The normalized spacial score (nSPS) is 21.8. The largest absolute Gasteiger partial charge is 0.0988 e. The van der Waals surface area contributed by atoms with Crippen LogP contribution in [0.3, 0.4) is 0 Å². The molecule has 18 heavy (non-hydrogen) atoms. The van der Waals surface area contributed by atoms with Crippen molar-refractivity contribution in [3.8, 4) is 0 Å². The molecular formula is C18H24. The van der Waals surface area contributed by atoms with Gasteiger partial charge in [0, 0.05) is 0 Å². The second-order valence-corrected chi connectivity index (χ2v) is 5.06. The first-order valence-electron chi connectivity index (χ1n) is 6.52. The average molecular weight is 240 g/mol. The fourth-order valence-corrected chi connectivity index (χ4v) is 2.21. The minimum absolute atomic E-state index is 0.597. The van der Waals surface area contributed by atoms with Crippen LogP contribution in [0.15, 0.2) is 71.4 Å². The standard InChI is InChI=1S/C18H24/c1-7-14(4)17(8-2)12-16(6)18-11-13(3)9-10-15(18)5/h7-9,11-12,15H,1-2,10H2,3-6H3/b16-12+,17-14+/t15-/m1/s1. The summed E-state index contributed by atoms with van der Waals surface area (Å²) in [5.41, 5.74) is 6.45. The van der Waals surface area contributed by atoms with Gasteiger partial charge in [0.2, 0.25) is 0 Å². The molecule has 1 aliphatic carbocycles. The molecule has 0 heterocycles. The first-order valence-corrected chi connectivity index (χ1v) is 6.52. The zero-order valence-electron chi connectivity index (χ0n) is 12.1. The summed E-state index contributed by atoms with van der Waals surface area (Å²) in [5, 5.41) is 0. The maximum Gasteiger partial charge on any atom is -0.0153 e. The van der Waals surface area contributed by atoms with E-state index in [4.69, 9.17) is 0 Å². The Bertz CT molecular complexity index is 464. The third-order valence-electron chi connectivity index (χ3n) is 3.52. The predicted molar refractivity (Wildman–Crippen MR) is 82.5 cm³/mol. The second kappa shape index (κ2) is 6.39. The monoisotopic (exact) mass is 240 g/mol. The molecular weight excluding hydrogens is 216 g/mol. The lowest BCUT2D eigenvalue weighted by Gasteiger charge is -2.20. The highest BCUT2D eigenvalue weighted by atomic mass is 14.2. The molecule has 0 aliphatic heterocycles. The quantitative estimate of drug-likeness (QED) is 0.566. The molecule has 1 atom stereocenters. The molecule has 0 spiro atoms. The van der Waals surface area contributed by atoms with Crippen molar-refractivity contribution in [2.45, 2.75) is 34.1 Å². The van der Waals surface area contributed by atoms with E-state index in [1.165, 1.54) is 22.3 Å². The molecule has 0 aromatic rings. The van der Waals surface area contributed by atoms with Gasteiger partial charge in [-0.05, 0) is 55.4 Å². The van der Waals surface area contributed by atoms with Crippen molar-refractivity contribution in [3.05, 3.63) is 71.4 Å². The van der Waals surface area contributed by atoms with Crippen LogP contribution in [0, 0.1) is 5.92 Å². The Morgan fingerprint density at radius 1 is 1.28 bits per heavy atom. The average Bonchev–Trinajstić information content (AvgIpc) is 2.37. The van der Waals surface area contributed by atoms with Crippen molar-refractivity contribution in [3.63, 3.8) is 0 Å². The molecule has 0 bridgehead atoms. The van der Waals surface area contributed by atoms with Crippen LogP contribution in [0.1, 0.15) is 34.1 Å². The predicted octanol–water partition coefficient (Wildman–Crippen LogP) is 5.53. The van der Waals surface area contributed by atoms with Gasteiger partial charge in [-0.3, -0.25) is 0 Å². The Balaban J connectivity index is 3.14. The summed E-state index contributed by atoms with van der Waals surface area (Å²) in [7, 11) is 0. The fourth-order valence-electron chi connectivity index (χ4n) is 2.21. The molecule has 0 unspecified atom stereocenters. The molecule has 1 aliphatic rings. The first-order chi connectivity index (χ1) is 8.49. The van der Waals surface area contributed by atoms with Gasteiger partial charge >= 0.3 is 0 Å². The van der Waals surface area contributed by atoms with Crippen molar-refractivity contribution >= 4 is 0 Å². The molecule has 1 rings (SSSR count). The van der Waals surface area contributed by atoms with Crippen molar-refractivity contribution in [1.82, 2.24) is 0 Å². The summed E-state index contributed by atoms with van der Waals surface area (Å²) >= 11 is 0. The second-order valence-electron chi connectivity index (χ2n) is 5.06. The van der Waals surface area contributed by atoms with E-state index in [2.05, 4.69) is 59.1 Å². The minimum atomic E-state index is 0.597. The maximum atomic E-state index is 3.88.